The summed E-state index contributed by atoms with van der Waals surface area (Å²) in [5, 5.41) is 6.88. The number of hydrogen-bond donors (Lipinski definition) is 1. The number of anilines is 1. The number of hydrogen-bond acceptors (Lipinski definition) is 6. The molecular weight excluding hydrogens is 445 g/mol. The first-order chi connectivity index (χ1) is 16.3. The van der Waals surface area contributed by atoms with Gasteiger partial charge in [0, 0.05) is 37.1 Å². The van der Waals surface area contributed by atoms with Crippen LogP contribution in [-0.4, -0.2) is 39.0 Å². The fourth-order valence-corrected chi connectivity index (χ4v) is 3.58. The highest BCUT2D eigenvalue weighted by molar-refractivity contribution is 5.91. The lowest BCUT2D eigenvalue weighted by atomic mass is 10.2. The van der Waals surface area contributed by atoms with Gasteiger partial charge in [0.25, 0.3) is 5.56 Å². The molecule has 1 N–H and O–H groups in total. The van der Waals surface area contributed by atoms with Gasteiger partial charge in [0.05, 0.1) is 26.3 Å². The molecule has 0 unspecified atom stereocenters. The van der Waals surface area contributed by atoms with Gasteiger partial charge in [-0.05, 0) is 17.7 Å². The van der Waals surface area contributed by atoms with Crippen molar-refractivity contribution < 1.29 is 18.7 Å². The zero-order valence-corrected chi connectivity index (χ0v) is 18.7. The van der Waals surface area contributed by atoms with Crippen molar-refractivity contribution in [1.82, 2.24) is 18.9 Å². The number of nitrogens with zero attached hydrogens (tertiary/aromatic N) is 4. The van der Waals surface area contributed by atoms with Crippen molar-refractivity contribution in [3.8, 4) is 11.5 Å². The molecule has 2 heterocycles. The van der Waals surface area contributed by atoms with E-state index in [2.05, 4.69) is 10.4 Å². The molecule has 4 aromatic rings. The molecule has 0 saturated carbocycles. The van der Waals surface area contributed by atoms with Crippen LogP contribution in [0.5, 0.6) is 11.5 Å². The maximum absolute atomic E-state index is 13.3. The Morgan fingerprint density at radius 3 is 2.29 bits per heavy atom. The maximum atomic E-state index is 13.3. The number of halogens is 1. The summed E-state index contributed by atoms with van der Waals surface area (Å²) in [5.74, 6) is 0.0256. The molecule has 2 aromatic carbocycles. The SMILES string of the molecule is COc1cc(NC(=O)Cn2c(=O)n(Cc3ccc(F)cc3)c(=O)c3nn(C)cc32)cc(OC)c1. The lowest BCUT2D eigenvalue weighted by Gasteiger charge is -2.13. The molecule has 11 heteroatoms. The third-order valence-corrected chi connectivity index (χ3v) is 5.20. The number of amides is 1. The number of nitrogens with one attached hydrogen (secondary N) is 1. The largest absolute Gasteiger partial charge is 0.497 e. The number of carbonyl (C=O) groups is 1. The van der Waals surface area contributed by atoms with E-state index in [0.29, 0.717) is 22.7 Å². The number of fused-ring (bicyclic) bond motifs is 1. The van der Waals surface area contributed by atoms with Crippen LogP contribution < -0.4 is 26.0 Å². The number of benzene rings is 2. The van der Waals surface area contributed by atoms with Crippen molar-refractivity contribution >= 4 is 22.6 Å². The fraction of sp³-hybridized carbons (Fsp3) is 0.217. The van der Waals surface area contributed by atoms with Gasteiger partial charge in [0.2, 0.25) is 5.91 Å². The molecule has 0 radical (unpaired) electrons. The predicted molar refractivity (Wildman–Crippen MR) is 123 cm³/mol. The van der Waals surface area contributed by atoms with E-state index in [0.717, 1.165) is 4.57 Å². The van der Waals surface area contributed by atoms with Crippen molar-refractivity contribution in [2.75, 3.05) is 19.5 Å². The van der Waals surface area contributed by atoms with Crippen molar-refractivity contribution in [2.24, 2.45) is 7.05 Å². The van der Waals surface area contributed by atoms with Gasteiger partial charge < -0.3 is 14.8 Å². The lowest BCUT2D eigenvalue weighted by Crippen LogP contribution is -2.41. The van der Waals surface area contributed by atoms with Gasteiger partial charge in [-0.2, -0.15) is 5.10 Å². The van der Waals surface area contributed by atoms with Crippen molar-refractivity contribution in [2.45, 2.75) is 13.1 Å². The monoisotopic (exact) mass is 467 g/mol. The molecule has 0 atom stereocenters. The summed E-state index contributed by atoms with van der Waals surface area (Å²) in [4.78, 5) is 39.1. The van der Waals surface area contributed by atoms with E-state index in [1.54, 1.807) is 25.2 Å². The first kappa shape index (κ1) is 22.8. The van der Waals surface area contributed by atoms with Gasteiger partial charge in [-0.25, -0.2) is 9.18 Å². The summed E-state index contributed by atoms with van der Waals surface area (Å²) in [7, 11) is 4.59. The van der Waals surface area contributed by atoms with Crippen molar-refractivity contribution in [3.63, 3.8) is 0 Å². The molecule has 0 fully saturated rings. The molecule has 2 aromatic heterocycles. The molecule has 0 bridgehead atoms. The highest BCUT2D eigenvalue weighted by Crippen LogP contribution is 2.25. The molecule has 0 aliphatic heterocycles. The van der Waals surface area contributed by atoms with Gasteiger partial charge in [-0.15, -0.1) is 0 Å². The van der Waals surface area contributed by atoms with Crippen LogP contribution in [0.4, 0.5) is 10.1 Å². The van der Waals surface area contributed by atoms with Crippen LogP contribution in [0.3, 0.4) is 0 Å². The van der Waals surface area contributed by atoms with Crippen LogP contribution in [0.1, 0.15) is 5.56 Å². The molecule has 176 valence electrons. The molecule has 1 amide bonds. The number of ether oxygens (including phenoxy) is 2. The van der Waals surface area contributed by atoms with Gasteiger partial charge in [-0.3, -0.25) is 23.4 Å². The third-order valence-electron chi connectivity index (χ3n) is 5.20. The smallest absolute Gasteiger partial charge is 0.332 e. The first-order valence-corrected chi connectivity index (χ1v) is 10.2. The Bertz CT molecular complexity index is 1460. The molecule has 4 rings (SSSR count). The number of carbonyl (C=O) groups excluding carboxylic acids is 1. The fourth-order valence-electron chi connectivity index (χ4n) is 3.58. The van der Waals surface area contributed by atoms with Crippen LogP contribution in [0.25, 0.3) is 11.0 Å². The number of aryl methyl sites for hydroxylation is 1. The molecule has 0 spiro atoms. The maximum Gasteiger partial charge on any atom is 0.332 e. The Morgan fingerprint density at radius 2 is 1.68 bits per heavy atom. The number of rotatable bonds is 7. The summed E-state index contributed by atoms with van der Waals surface area (Å²) in [6.07, 6.45) is 1.50. The highest BCUT2D eigenvalue weighted by Gasteiger charge is 2.19. The summed E-state index contributed by atoms with van der Waals surface area (Å²) >= 11 is 0. The molecule has 10 nitrogen and oxygen atoms in total. The van der Waals surface area contributed by atoms with E-state index in [1.807, 2.05) is 0 Å². The summed E-state index contributed by atoms with van der Waals surface area (Å²) in [6, 6.07) is 10.3. The normalized spacial score (nSPS) is 10.9. The Labute approximate surface area is 192 Å². The van der Waals surface area contributed by atoms with Crippen molar-refractivity contribution in [3.05, 3.63) is 80.9 Å². The average Bonchev–Trinajstić information content (AvgIpc) is 3.22. The highest BCUT2D eigenvalue weighted by atomic mass is 19.1. The Morgan fingerprint density at radius 1 is 1.03 bits per heavy atom. The second-order valence-electron chi connectivity index (χ2n) is 7.57. The lowest BCUT2D eigenvalue weighted by molar-refractivity contribution is -0.116. The summed E-state index contributed by atoms with van der Waals surface area (Å²) in [6.45, 7) is -0.469. The van der Waals surface area contributed by atoms with Gasteiger partial charge in [0.15, 0.2) is 5.52 Å². The van der Waals surface area contributed by atoms with Crippen LogP contribution in [0, 0.1) is 5.82 Å². The van der Waals surface area contributed by atoms with Crippen LogP contribution in [-0.2, 0) is 24.9 Å². The van der Waals surface area contributed by atoms with Crippen molar-refractivity contribution in [1.29, 1.82) is 0 Å². The van der Waals surface area contributed by atoms with E-state index >= 15 is 0 Å². The Hall–Kier alpha value is -4.41. The van der Waals surface area contributed by atoms with Gasteiger partial charge in [-0.1, -0.05) is 12.1 Å². The quantitative estimate of drug-likeness (QED) is 0.444. The second-order valence-corrected chi connectivity index (χ2v) is 7.57. The standard InChI is InChI=1S/C23H22FN5O5/c1-27-12-19-21(26-27)22(31)29(11-14-4-6-15(24)7-5-14)23(32)28(19)13-20(30)25-16-8-17(33-2)10-18(9-16)34-3/h4-10,12H,11,13H2,1-3H3,(H,25,30). The molecule has 0 aliphatic rings. The Kier molecular flexibility index (Phi) is 6.17. The Balaban J connectivity index is 1.72. The number of methoxy groups -OCH3 is 2. The number of aromatic nitrogens is 4. The molecule has 0 saturated heterocycles. The third kappa shape index (κ3) is 4.53. The second kappa shape index (κ2) is 9.22. The minimum atomic E-state index is -0.687. The van der Waals surface area contributed by atoms with E-state index < -0.39 is 23.0 Å². The van der Waals surface area contributed by atoms with Crippen LogP contribution in [0.2, 0.25) is 0 Å². The van der Waals surface area contributed by atoms with Gasteiger partial charge in [0.1, 0.15) is 23.9 Å². The molecule has 0 aliphatic carbocycles. The van der Waals surface area contributed by atoms with Gasteiger partial charge >= 0.3 is 5.69 Å². The molecule has 34 heavy (non-hydrogen) atoms. The van der Waals surface area contributed by atoms with E-state index in [-0.39, 0.29) is 24.1 Å². The van der Waals surface area contributed by atoms with E-state index in [4.69, 9.17) is 9.47 Å². The van der Waals surface area contributed by atoms with Crippen LogP contribution >= 0.6 is 0 Å². The topological polar surface area (TPSA) is 109 Å². The summed E-state index contributed by atoms with van der Waals surface area (Å²) < 4.78 is 27.2. The zero-order valence-electron chi connectivity index (χ0n) is 18.7. The molecular formula is C23H22FN5O5. The predicted octanol–water partition coefficient (Wildman–Crippen LogP) is 1.74. The minimum absolute atomic E-state index is 0.0417. The van der Waals surface area contributed by atoms with E-state index in [9.17, 15) is 18.8 Å². The zero-order chi connectivity index (χ0) is 24.4. The first-order valence-electron chi connectivity index (χ1n) is 10.2. The van der Waals surface area contributed by atoms with E-state index in [1.165, 1.54) is 53.9 Å². The minimum Gasteiger partial charge on any atom is -0.497 e. The average molecular weight is 467 g/mol. The van der Waals surface area contributed by atoms with Crippen LogP contribution in [0.15, 0.2) is 58.3 Å². The summed E-state index contributed by atoms with van der Waals surface area (Å²) in [5.41, 5.74) is -0.0507.